The van der Waals surface area contributed by atoms with Crippen LogP contribution >= 0.6 is 0 Å². The van der Waals surface area contributed by atoms with Gasteiger partial charge < -0.3 is 9.73 Å². The second kappa shape index (κ2) is 6.54. The first-order valence-electron chi connectivity index (χ1n) is 9.41. The molecule has 1 aliphatic rings. The monoisotopic (exact) mass is 369 g/mol. The molecule has 0 amide bonds. The average Bonchev–Trinajstić information content (AvgIpc) is 3.33. The van der Waals surface area contributed by atoms with Crippen molar-refractivity contribution >= 4 is 16.6 Å². The van der Waals surface area contributed by atoms with Crippen molar-refractivity contribution in [2.24, 2.45) is 0 Å². The Bertz CT molecular complexity index is 1210. The molecule has 2 heterocycles. The van der Waals surface area contributed by atoms with Crippen molar-refractivity contribution in [1.29, 1.82) is 5.26 Å². The lowest BCUT2D eigenvalue weighted by Crippen LogP contribution is -2.17. The summed E-state index contributed by atoms with van der Waals surface area (Å²) in [4.78, 5) is 4.18. The maximum Gasteiger partial charge on any atom is 0.191 e. The predicted octanol–water partition coefficient (Wildman–Crippen LogP) is 4.89. The first-order valence-corrected chi connectivity index (χ1v) is 9.41. The van der Waals surface area contributed by atoms with Gasteiger partial charge in [0.2, 0.25) is 0 Å². The van der Waals surface area contributed by atoms with Crippen LogP contribution in [-0.2, 0) is 6.42 Å². The third kappa shape index (κ3) is 2.81. The summed E-state index contributed by atoms with van der Waals surface area (Å²) in [5.41, 5.74) is 6.03. The van der Waals surface area contributed by atoms with Crippen LogP contribution in [0, 0.1) is 18.3 Å². The SMILES string of the molecule is Cc1ncc(-c2n[nH]c3ccc(NC4CCCc5cc(C#N)ccc54)cc23)o1. The van der Waals surface area contributed by atoms with E-state index in [1.54, 1.807) is 6.20 Å². The molecule has 0 bridgehead atoms. The third-order valence-corrected chi connectivity index (χ3v) is 5.34. The summed E-state index contributed by atoms with van der Waals surface area (Å²) in [5, 5.41) is 21.3. The smallest absolute Gasteiger partial charge is 0.191 e. The zero-order chi connectivity index (χ0) is 19.1. The number of hydrogen-bond donors (Lipinski definition) is 2. The van der Waals surface area contributed by atoms with E-state index in [1.807, 2.05) is 25.1 Å². The molecule has 2 N–H and O–H groups in total. The molecule has 1 unspecified atom stereocenters. The zero-order valence-electron chi connectivity index (χ0n) is 15.5. The number of aromatic amines is 1. The molecule has 0 fully saturated rings. The lowest BCUT2D eigenvalue weighted by Gasteiger charge is -2.27. The lowest BCUT2D eigenvalue weighted by molar-refractivity contribution is 0.533. The summed E-state index contributed by atoms with van der Waals surface area (Å²) < 4.78 is 5.65. The van der Waals surface area contributed by atoms with Crippen LogP contribution in [0.1, 0.15) is 41.5 Å². The number of oxazole rings is 1. The summed E-state index contributed by atoms with van der Waals surface area (Å²) in [6, 6.07) is 14.7. The van der Waals surface area contributed by atoms with Gasteiger partial charge in [0, 0.05) is 18.0 Å². The number of H-pyrrole nitrogens is 1. The van der Waals surface area contributed by atoms with E-state index in [-0.39, 0.29) is 6.04 Å². The number of hydrogen-bond acceptors (Lipinski definition) is 5. The van der Waals surface area contributed by atoms with Crippen LogP contribution in [0.3, 0.4) is 0 Å². The van der Waals surface area contributed by atoms with Gasteiger partial charge in [-0.25, -0.2) is 4.98 Å². The molecule has 6 heteroatoms. The number of nitrogens with zero attached hydrogens (tertiary/aromatic N) is 3. The molecule has 6 nitrogen and oxygen atoms in total. The second-order valence-electron chi connectivity index (χ2n) is 7.19. The molecule has 138 valence electrons. The van der Waals surface area contributed by atoms with E-state index in [2.05, 4.69) is 44.8 Å². The van der Waals surface area contributed by atoms with Gasteiger partial charge in [-0.2, -0.15) is 10.4 Å². The minimum absolute atomic E-state index is 0.233. The second-order valence-corrected chi connectivity index (χ2v) is 7.19. The van der Waals surface area contributed by atoms with Gasteiger partial charge in [0.1, 0.15) is 5.69 Å². The highest BCUT2D eigenvalue weighted by atomic mass is 16.4. The Hall–Kier alpha value is -3.59. The van der Waals surface area contributed by atoms with Crippen molar-refractivity contribution in [2.75, 3.05) is 5.32 Å². The van der Waals surface area contributed by atoms with Crippen LogP contribution in [0.25, 0.3) is 22.4 Å². The summed E-state index contributed by atoms with van der Waals surface area (Å²) >= 11 is 0. The Morgan fingerprint density at radius 3 is 3.00 bits per heavy atom. The van der Waals surface area contributed by atoms with Gasteiger partial charge in [0.05, 0.1) is 29.4 Å². The topological polar surface area (TPSA) is 90.5 Å². The fourth-order valence-electron chi connectivity index (χ4n) is 4.00. The maximum absolute atomic E-state index is 9.16. The molecule has 2 aromatic carbocycles. The van der Waals surface area contributed by atoms with Gasteiger partial charge in [0.25, 0.3) is 0 Å². The highest BCUT2D eigenvalue weighted by Gasteiger charge is 2.21. The Labute approximate surface area is 162 Å². The molecule has 0 saturated heterocycles. The van der Waals surface area contributed by atoms with Crippen LogP contribution < -0.4 is 5.32 Å². The molecule has 0 spiro atoms. The molecular weight excluding hydrogens is 350 g/mol. The Balaban J connectivity index is 1.49. The van der Waals surface area contributed by atoms with Crippen molar-refractivity contribution in [2.45, 2.75) is 32.2 Å². The molecular formula is C22H19N5O. The van der Waals surface area contributed by atoms with Crippen LogP contribution in [0.15, 0.2) is 47.0 Å². The molecule has 0 aliphatic heterocycles. The highest BCUT2D eigenvalue weighted by Crippen LogP contribution is 2.35. The number of anilines is 1. The van der Waals surface area contributed by atoms with E-state index >= 15 is 0 Å². The number of nitrogens with one attached hydrogen (secondary N) is 2. The first kappa shape index (κ1) is 16.6. The number of aromatic nitrogens is 3. The first-order chi connectivity index (χ1) is 13.7. The predicted molar refractivity (Wildman–Crippen MR) is 107 cm³/mol. The van der Waals surface area contributed by atoms with Gasteiger partial charge in [-0.3, -0.25) is 5.10 Å². The van der Waals surface area contributed by atoms with Gasteiger partial charge in [-0.05, 0) is 60.7 Å². The molecule has 1 atom stereocenters. The largest absolute Gasteiger partial charge is 0.439 e. The normalized spacial score (nSPS) is 15.9. The molecule has 28 heavy (non-hydrogen) atoms. The van der Waals surface area contributed by atoms with Gasteiger partial charge in [-0.15, -0.1) is 0 Å². The average molecular weight is 369 g/mol. The summed E-state index contributed by atoms with van der Waals surface area (Å²) in [6.45, 7) is 1.82. The minimum atomic E-state index is 0.233. The highest BCUT2D eigenvalue weighted by molar-refractivity contribution is 5.93. The molecule has 4 aromatic rings. The fraction of sp³-hybridized carbons (Fsp3) is 0.227. The third-order valence-electron chi connectivity index (χ3n) is 5.34. The molecule has 0 radical (unpaired) electrons. The number of nitriles is 1. The van der Waals surface area contributed by atoms with Gasteiger partial charge >= 0.3 is 0 Å². The van der Waals surface area contributed by atoms with Crippen molar-refractivity contribution in [3.05, 3.63) is 65.2 Å². The Kier molecular flexibility index (Phi) is 3.87. The van der Waals surface area contributed by atoms with Gasteiger partial charge in [-0.1, -0.05) is 6.07 Å². The summed E-state index contributed by atoms with van der Waals surface area (Å²) in [5.74, 6) is 1.28. The van der Waals surface area contributed by atoms with Crippen molar-refractivity contribution in [3.8, 4) is 17.5 Å². The maximum atomic E-state index is 9.16. The molecule has 2 aromatic heterocycles. The zero-order valence-corrected chi connectivity index (χ0v) is 15.5. The number of fused-ring (bicyclic) bond motifs is 2. The molecule has 1 aliphatic carbocycles. The summed E-state index contributed by atoms with van der Waals surface area (Å²) in [6.07, 6.45) is 4.90. The van der Waals surface area contributed by atoms with Crippen LogP contribution in [0.5, 0.6) is 0 Å². The quantitative estimate of drug-likeness (QED) is 0.537. The number of rotatable bonds is 3. The van der Waals surface area contributed by atoms with E-state index in [0.29, 0.717) is 11.7 Å². The van der Waals surface area contributed by atoms with E-state index in [4.69, 9.17) is 9.68 Å². The van der Waals surface area contributed by atoms with Crippen LogP contribution in [0.2, 0.25) is 0 Å². The minimum Gasteiger partial charge on any atom is -0.439 e. The molecule has 0 saturated carbocycles. The van der Waals surface area contributed by atoms with Crippen LogP contribution in [-0.4, -0.2) is 15.2 Å². The van der Waals surface area contributed by atoms with Crippen LogP contribution in [0.4, 0.5) is 5.69 Å². The number of benzene rings is 2. The van der Waals surface area contributed by atoms with E-state index in [9.17, 15) is 0 Å². The Morgan fingerprint density at radius 1 is 1.25 bits per heavy atom. The number of aryl methyl sites for hydroxylation is 2. The Morgan fingerprint density at radius 2 is 2.18 bits per heavy atom. The van der Waals surface area contributed by atoms with Crippen molar-refractivity contribution in [1.82, 2.24) is 15.2 Å². The molecule has 5 rings (SSSR count). The summed E-state index contributed by atoms with van der Waals surface area (Å²) in [7, 11) is 0. The van der Waals surface area contributed by atoms with E-state index in [1.165, 1.54) is 11.1 Å². The van der Waals surface area contributed by atoms with Gasteiger partial charge in [0.15, 0.2) is 11.7 Å². The van der Waals surface area contributed by atoms with E-state index < -0.39 is 0 Å². The standard InChI is InChI=1S/C22H19N5O/c1-13-24-12-21(28-13)22-18-10-16(6-8-20(18)26-27-22)25-19-4-2-3-15-9-14(11-23)5-7-17(15)19/h5-10,12,19,25H,2-4H2,1H3,(H,26,27). The lowest BCUT2D eigenvalue weighted by atomic mass is 9.86. The van der Waals surface area contributed by atoms with Crippen molar-refractivity contribution < 1.29 is 4.42 Å². The fourth-order valence-corrected chi connectivity index (χ4v) is 4.00. The van der Waals surface area contributed by atoms with E-state index in [0.717, 1.165) is 47.1 Å². The van der Waals surface area contributed by atoms with Crippen molar-refractivity contribution in [3.63, 3.8) is 0 Å².